The highest BCUT2D eigenvalue weighted by Gasteiger charge is 2.28. The predicted octanol–water partition coefficient (Wildman–Crippen LogP) is 4.83. The van der Waals surface area contributed by atoms with E-state index in [-0.39, 0.29) is 28.7 Å². The first-order valence-electron chi connectivity index (χ1n) is 9.27. The van der Waals surface area contributed by atoms with Crippen molar-refractivity contribution >= 4 is 29.6 Å². The fourth-order valence-electron chi connectivity index (χ4n) is 2.95. The number of nitro groups is 1. The molecular formula is C24H15NO6. The van der Waals surface area contributed by atoms with Crippen LogP contribution in [0, 0.1) is 10.1 Å². The highest BCUT2D eigenvalue weighted by molar-refractivity contribution is 6.14. The van der Waals surface area contributed by atoms with E-state index in [4.69, 9.17) is 9.47 Å². The van der Waals surface area contributed by atoms with Crippen LogP contribution in [0.1, 0.15) is 21.5 Å². The molecule has 7 nitrogen and oxygen atoms in total. The number of allylic oxidation sites excluding steroid dienone is 1. The van der Waals surface area contributed by atoms with Gasteiger partial charge in [-0.2, -0.15) is 0 Å². The van der Waals surface area contributed by atoms with Gasteiger partial charge in [0.05, 0.1) is 10.5 Å². The Kier molecular flexibility index (Phi) is 5.40. The number of Topliss-reactive ketones (excluding diaryl/α,β-unsaturated/α-hetero) is 1. The lowest BCUT2D eigenvalue weighted by Crippen LogP contribution is -2.03. The molecule has 4 rings (SSSR count). The molecule has 1 aliphatic rings. The second-order valence-electron chi connectivity index (χ2n) is 6.61. The van der Waals surface area contributed by atoms with Crippen LogP contribution in [0.25, 0.3) is 12.2 Å². The normalized spacial score (nSPS) is 13.8. The Morgan fingerprint density at radius 3 is 2.42 bits per heavy atom. The highest BCUT2D eigenvalue weighted by atomic mass is 16.6. The molecule has 0 aliphatic carbocycles. The Hall–Kier alpha value is -4.52. The molecule has 152 valence electrons. The molecule has 31 heavy (non-hydrogen) atoms. The monoisotopic (exact) mass is 413 g/mol. The van der Waals surface area contributed by atoms with E-state index in [1.807, 2.05) is 30.3 Å². The molecule has 0 bridgehead atoms. The Bertz CT molecular complexity index is 1230. The van der Waals surface area contributed by atoms with Gasteiger partial charge in [-0.3, -0.25) is 14.9 Å². The smallest absolute Gasteiger partial charge is 0.336 e. The summed E-state index contributed by atoms with van der Waals surface area (Å²) in [7, 11) is 0. The number of nitro benzene ring substituents is 1. The lowest BCUT2D eigenvalue weighted by atomic mass is 10.1. The molecule has 0 N–H and O–H groups in total. The van der Waals surface area contributed by atoms with Crippen LogP contribution in [0.5, 0.6) is 11.5 Å². The molecule has 7 heteroatoms. The Morgan fingerprint density at radius 1 is 0.968 bits per heavy atom. The first-order chi connectivity index (χ1) is 15.0. The van der Waals surface area contributed by atoms with Gasteiger partial charge in [0.15, 0.2) is 5.76 Å². The minimum absolute atomic E-state index is 0.0446. The van der Waals surface area contributed by atoms with Crippen LogP contribution in [-0.4, -0.2) is 16.7 Å². The zero-order valence-electron chi connectivity index (χ0n) is 16.1. The van der Waals surface area contributed by atoms with E-state index >= 15 is 0 Å². The first kappa shape index (κ1) is 19.8. The highest BCUT2D eigenvalue weighted by Crippen LogP contribution is 2.35. The third kappa shape index (κ3) is 4.56. The van der Waals surface area contributed by atoms with Crippen molar-refractivity contribution in [2.24, 2.45) is 0 Å². The van der Waals surface area contributed by atoms with Gasteiger partial charge >= 0.3 is 5.97 Å². The number of rotatable bonds is 5. The fraction of sp³-hybridized carbons (Fsp3) is 0. The summed E-state index contributed by atoms with van der Waals surface area (Å²) < 4.78 is 10.9. The van der Waals surface area contributed by atoms with Gasteiger partial charge in [0, 0.05) is 24.3 Å². The van der Waals surface area contributed by atoms with Crippen molar-refractivity contribution < 1.29 is 24.0 Å². The molecule has 0 atom stereocenters. The van der Waals surface area contributed by atoms with Crippen molar-refractivity contribution in [2.75, 3.05) is 0 Å². The third-order valence-corrected chi connectivity index (χ3v) is 4.47. The number of nitrogens with zero attached hydrogens (tertiary/aromatic N) is 1. The van der Waals surface area contributed by atoms with Crippen LogP contribution in [0.3, 0.4) is 0 Å². The van der Waals surface area contributed by atoms with Gasteiger partial charge in [0.1, 0.15) is 11.5 Å². The summed E-state index contributed by atoms with van der Waals surface area (Å²) in [6.07, 6.45) is 4.45. The molecule has 0 saturated heterocycles. The molecule has 0 fully saturated rings. The molecule has 0 radical (unpaired) electrons. The van der Waals surface area contributed by atoms with Gasteiger partial charge in [-0.05, 0) is 47.5 Å². The topological polar surface area (TPSA) is 95.7 Å². The number of ketones is 1. The van der Waals surface area contributed by atoms with Crippen molar-refractivity contribution in [3.05, 3.63) is 111 Å². The number of ether oxygens (including phenoxy) is 2. The lowest BCUT2D eigenvalue weighted by Gasteiger charge is -2.03. The van der Waals surface area contributed by atoms with Crippen molar-refractivity contribution in [3.63, 3.8) is 0 Å². The molecule has 0 unspecified atom stereocenters. The van der Waals surface area contributed by atoms with Gasteiger partial charge in [0.25, 0.3) is 5.69 Å². The summed E-state index contributed by atoms with van der Waals surface area (Å²) in [5.41, 5.74) is 1.74. The van der Waals surface area contributed by atoms with Gasteiger partial charge in [0.2, 0.25) is 5.78 Å². The molecule has 0 spiro atoms. The minimum atomic E-state index is -0.560. The van der Waals surface area contributed by atoms with E-state index in [0.717, 1.165) is 5.56 Å². The molecule has 3 aromatic rings. The van der Waals surface area contributed by atoms with E-state index in [2.05, 4.69) is 0 Å². The zero-order chi connectivity index (χ0) is 21.8. The van der Waals surface area contributed by atoms with Gasteiger partial charge in [-0.25, -0.2) is 4.79 Å². The second kappa shape index (κ2) is 8.46. The van der Waals surface area contributed by atoms with Crippen molar-refractivity contribution in [3.8, 4) is 11.5 Å². The maximum atomic E-state index is 12.5. The van der Waals surface area contributed by atoms with E-state index in [9.17, 15) is 19.7 Å². The Morgan fingerprint density at radius 2 is 1.71 bits per heavy atom. The number of carbonyl (C=O) groups is 2. The summed E-state index contributed by atoms with van der Waals surface area (Å²) >= 11 is 0. The SMILES string of the molecule is O=C(C=Cc1ccccc1)Oc1ccc2c(c1)OC(=Cc1ccc([N+](=O)[O-])cc1)C2=O. The van der Waals surface area contributed by atoms with E-state index < -0.39 is 10.9 Å². The van der Waals surface area contributed by atoms with E-state index in [1.54, 1.807) is 6.08 Å². The number of fused-ring (bicyclic) bond motifs is 1. The summed E-state index contributed by atoms with van der Waals surface area (Å²) in [6.45, 7) is 0. The van der Waals surface area contributed by atoms with Gasteiger partial charge in [-0.1, -0.05) is 30.3 Å². The molecule has 3 aromatic carbocycles. The molecule has 0 aromatic heterocycles. The summed E-state index contributed by atoms with van der Waals surface area (Å²) in [5.74, 6) is -0.289. The number of esters is 1. The van der Waals surface area contributed by atoms with Crippen LogP contribution in [0.2, 0.25) is 0 Å². The van der Waals surface area contributed by atoms with Crippen molar-refractivity contribution in [2.45, 2.75) is 0 Å². The second-order valence-corrected chi connectivity index (χ2v) is 6.61. The van der Waals surface area contributed by atoms with Crippen LogP contribution in [0.15, 0.2) is 84.6 Å². The largest absolute Gasteiger partial charge is 0.452 e. The summed E-state index contributed by atoms with van der Waals surface area (Å²) in [6, 6.07) is 19.6. The fourth-order valence-corrected chi connectivity index (χ4v) is 2.95. The van der Waals surface area contributed by atoms with Crippen LogP contribution in [-0.2, 0) is 4.79 Å². The first-order valence-corrected chi connectivity index (χ1v) is 9.27. The third-order valence-electron chi connectivity index (χ3n) is 4.47. The average Bonchev–Trinajstić information content (AvgIpc) is 3.08. The summed E-state index contributed by atoms with van der Waals surface area (Å²) in [5, 5.41) is 10.8. The molecule has 1 aliphatic heterocycles. The predicted molar refractivity (Wildman–Crippen MR) is 114 cm³/mol. The number of hydrogen-bond acceptors (Lipinski definition) is 6. The number of non-ortho nitro benzene ring substituents is 1. The van der Waals surface area contributed by atoms with Crippen LogP contribution >= 0.6 is 0 Å². The van der Waals surface area contributed by atoms with E-state index in [0.29, 0.717) is 11.1 Å². The lowest BCUT2D eigenvalue weighted by molar-refractivity contribution is -0.384. The molecule has 0 amide bonds. The van der Waals surface area contributed by atoms with Crippen LogP contribution < -0.4 is 9.47 Å². The maximum absolute atomic E-state index is 12.5. The van der Waals surface area contributed by atoms with Crippen LogP contribution in [0.4, 0.5) is 5.69 Å². The Balaban J connectivity index is 1.47. The standard InChI is InChI=1S/C24H15NO6/c26-23(13-8-16-4-2-1-3-5-16)30-19-11-12-20-21(15-19)31-22(24(20)27)14-17-6-9-18(10-7-17)25(28)29/h1-15H. The molecular weight excluding hydrogens is 398 g/mol. The summed E-state index contributed by atoms with van der Waals surface area (Å²) in [4.78, 5) is 34.9. The van der Waals surface area contributed by atoms with Crippen molar-refractivity contribution in [1.82, 2.24) is 0 Å². The number of carbonyl (C=O) groups excluding carboxylic acids is 2. The van der Waals surface area contributed by atoms with E-state index in [1.165, 1.54) is 54.6 Å². The molecule has 0 saturated carbocycles. The maximum Gasteiger partial charge on any atom is 0.336 e. The zero-order valence-corrected chi connectivity index (χ0v) is 16.1. The minimum Gasteiger partial charge on any atom is -0.452 e. The van der Waals surface area contributed by atoms with Crippen molar-refractivity contribution in [1.29, 1.82) is 0 Å². The average molecular weight is 413 g/mol. The number of hydrogen-bond donors (Lipinski definition) is 0. The number of benzene rings is 3. The van der Waals surface area contributed by atoms with Gasteiger partial charge < -0.3 is 9.47 Å². The quantitative estimate of drug-likeness (QED) is 0.195. The van der Waals surface area contributed by atoms with Gasteiger partial charge in [-0.15, -0.1) is 0 Å². The Labute approximate surface area is 177 Å². The molecule has 1 heterocycles.